The molecule has 0 saturated heterocycles. The fourth-order valence-electron chi connectivity index (χ4n) is 6.15. The Hall–Kier alpha value is -3.95. The molecule has 4 aromatic rings. The van der Waals surface area contributed by atoms with E-state index in [4.69, 9.17) is 0 Å². The minimum Gasteiger partial charge on any atom is -0.352 e. The summed E-state index contributed by atoms with van der Waals surface area (Å²) in [5.74, 6) is -0.696. The summed E-state index contributed by atoms with van der Waals surface area (Å²) < 4.78 is 30.6. The van der Waals surface area contributed by atoms with Crippen LogP contribution in [-0.2, 0) is 32.6 Å². The van der Waals surface area contributed by atoms with Crippen LogP contribution in [0.1, 0.15) is 54.4 Å². The molecule has 0 aliphatic heterocycles. The smallest absolute Gasteiger partial charge is 0.264 e. The number of nitrogens with one attached hydrogen (secondary N) is 1. The van der Waals surface area contributed by atoms with Crippen molar-refractivity contribution in [1.82, 2.24) is 10.2 Å². The lowest BCUT2D eigenvalue weighted by atomic mass is 9.94. The van der Waals surface area contributed by atoms with Gasteiger partial charge in [0.15, 0.2) is 0 Å². The maximum atomic E-state index is 14.7. The van der Waals surface area contributed by atoms with Crippen molar-refractivity contribution < 1.29 is 18.0 Å². The number of sulfonamides is 1. The second-order valence-electron chi connectivity index (χ2n) is 12.3. The van der Waals surface area contributed by atoms with Gasteiger partial charge in [-0.3, -0.25) is 13.9 Å². The predicted octanol–water partition coefficient (Wildman–Crippen LogP) is 7.35. The van der Waals surface area contributed by atoms with Crippen molar-refractivity contribution in [3.8, 4) is 0 Å². The van der Waals surface area contributed by atoms with Gasteiger partial charge >= 0.3 is 0 Å². The van der Waals surface area contributed by atoms with E-state index in [-0.39, 0.29) is 29.8 Å². The Morgan fingerprint density at radius 3 is 2.17 bits per heavy atom. The molecule has 1 aliphatic carbocycles. The number of hydrogen-bond acceptors (Lipinski definition) is 4. The van der Waals surface area contributed by atoms with E-state index in [2.05, 4.69) is 21.2 Å². The van der Waals surface area contributed by atoms with E-state index in [9.17, 15) is 18.0 Å². The minimum absolute atomic E-state index is 0.0437. The standard InChI is InChI=1S/C38H42BrN3O4S/c1-28-21-22-29(2)35(23-28)42(47(45,46)34-19-10-5-11-20-34)27-37(43)41(26-31-15-12-16-32(39)24-31)36(25-30-13-6-3-7-14-30)38(44)40-33-17-8-4-9-18-33/h3,5-7,10-16,19-24,33,36H,4,8-9,17-18,25-27H2,1-2H3,(H,40,44)/t36-/m1/s1. The molecule has 9 heteroatoms. The molecule has 1 N–H and O–H groups in total. The van der Waals surface area contributed by atoms with Crippen LogP contribution >= 0.6 is 15.9 Å². The van der Waals surface area contributed by atoms with Crippen LogP contribution in [0.3, 0.4) is 0 Å². The van der Waals surface area contributed by atoms with Crippen molar-refractivity contribution in [3.63, 3.8) is 0 Å². The molecule has 7 nitrogen and oxygen atoms in total. The topological polar surface area (TPSA) is 86.8 Å². The number of benzene rings is 4. The van der Waals surface area contributed by atoms with Gasteiger partial charge in [-0.05, 0) is 79.3 Å². The van der Waals surface area contributed by atoms with Crippen LogP contribution in [0.25, 0.3) is 0 Å². The first kappa shape index (κ1) is 34.4. The molecule has 1 atom stereocenters. The van der Waals surface area contributed by atoms with E-state index < -0.39 is 28.5 Å². The molecular formula is C38H42BrN3O4S. The van der Waals surface area contributed by atoms with Crippen LogP contribution < -0.4 is 9.62 Å². The van der Waals surface area contributed by atoms with E-state index in [1.54, 1.807) is 29.2 Å². The first-order valence-corrected chi connectivity index (χ1v) is 18.4. The van der Waals surface area contributed by atoms with Crippen molar-refractivity contribution in [2.75, 3.05) is 10.8 Å². The average Bonchev–Trinajstić information content (AvgIpc) is 3.07. The summed E-state index contributed by atoms with van der Waals surface area (Å²) in [6.45, 7) is 3.38. The molecule has 0 heterocycles. The van der Waals surface area contributed by atoms with E-state index in [1.165, 1.54) is 16.4 Å². The summed E-state index contributed by atoms with van der Waals surface area (Å²) in [5.41, 5.74) is 3.74. The molecule has 1 fully saturated rings. The van der Waals surface area contributed by atoms with Crippen molar-refractivity contribution in [1.29, 1.82) is 0 Å². The number of halogens is 1. The summed E-state index contributed by atoms with van der Waals surface area (Å²) in [6, 6.07) is 30.2. The van der Waals surface area contributed by atoms with Crippen LogP contribution in [0.2, 0.25) is 0 Å². The lowest BCUT2D eigenvalue weighted by Gasteiger charge is -2.35. The van der Waals surface area contributed by atoms with Gasteiger partial charge in [-0.1, -0.05) is 108 Å². The number of amides is 2. The molecule has 0 spiro atoms. The SMILES string of the molecule is Cc1ccc(C)c(N(CC(=O)N(Cc2cccc(Br)c2)[C@H](Cc2ccccc2)C(=O)NC2CCCCC2)S(=O)(=O)c2ccccc2)c1. The highest BCUT2D eigenvalue weighted by atomic mass is 79.9. The summed E-state index contributed by atoms with van der Waals surface area (Å²) in [7, 11) is -4.15. The molecule has 4 aromatic carbocycles. The van der Waals surface area contributed by atoms with E-state index >= 15 is 0 Å². The van der Waals surface area contributed by atoms with E-state index in [0.717, 1.165) is 58.8 Å². The van der Waals surface area contributed by atoms with E-state index in [0.29, 0.717) is 5.69 Å². The zero-order valence-electron chi connectivity index (χ0n) is 26.9. The number of carbonyl (C=O) groups excluding carboxylic acids is 2. The van der Waals surface area contributed by atoms with Gasteiger partial charge in [-0.15, -0.1) is 0 Å². The third kappa shape index (κ3) is 8.90. The Labute approximate surface area is 287 Å². The average molecular weight is 717 g/mol. The van der Waals surface area contributed by atoms with Gasteiger partial charge in [0.1, 0.15) is 12.6 Å². The van der Waals surface area contributed by atoms with Gasteiger partial charge in [-0.2, -0.15) is 0 Å². The van der Waals surface area contributed by atoms with Gasteiger partial charge in [0.25, 0.3) is 10.0 Å². The lowest BCUT2D eigenvalue weighted by molar-refractivity contribution is -0.140. The third-order valence-electron chi connectivity index (χ3n) is 8.71. The van der Waals surface area contributed by atoms with Crippen LogP contribution in [0.4, 0.5) is 5.69 Å². The lowest BCUT2D eigenvalue weighted by Crippen LogP contribution is -2.55. The molecule has 0 bridgehead atoms. The summed E-state index contributed by atoms with van der Waals surface area (Å²) >= 11 is 3.54. The highest BCUT2D eigenvalue weighted by Gasteiger charge is 2.36. The van der Waals surface area contributed by atoms with Gasteiger partial charge in [0.05, 0.1) is 10.6 Å². The minimum atomic E-state index is -4.15. The third-order valence-corrected chi connectivity index (χ3v) is 11.0. The Morgan fingerprint density at radius 2 is 1.49 bits per heavy atom. The van der Waals surface area contributed by atoms with Crippen LogP contribution in [0.5, 0.6) is 0 Å². The predicted molar refractivity (Wildman–Crippen MR) is 191 cm³/mol. The van der Waals surface area contributed by atoms with E-state index in [1.807, 2.05) is 80.6 Å². The van der Waals surface area contributed by atoms with Gasteiger partial charge in [0.2, 0.25) is 11.8 Å². The monoisotopic (exact) mass is 715 g/mol. The van der Waals surface area contributed by atoms with Gasteiger partial charge in [-0.25, -0.2) is 8.42 Å². The van der Waals surface area contributed by atoms with Crippen LogP contribution in [0.15, 0.2) is 112 Å². The number of aryl methyl sites for hydroxylation is 2. The quantitative estimate of drug-likeness (QED) is 0.166. The number of anilines is 1. The fourth-order valence-corrected chi connectivity index (χ4v) is 8.09. The Morgan fingerprint density at radius 1 is 0.830 bits per heavy atom. The highest BCUT2D eigenvalue weighted by molar-refractivity contribution is 9.10. The summed E-state index contributed by atoms with van der Waals surface area (Å²) in [4.78, 5) is 30.6. The zero-order valence-corrected chi connectivity index (χ0v) is 29.3. The van der Waals surface area contributed by atoms with Gasteiger partial charge in [0, 0.05) is 23.5 Å². The van der Waals surface area contributed by atoms with Crippen LogP contribution in [0, 0.1) is 13.8 Å². The molecular weight excluding hydrogens is 674 g/mol. The summed E-state index contributed by atoms with van der Waals surface area (Å²) in [6.07, 6.45) is 5.35. The molecule has 1 aliphatic rings. The number of hydrogen-bond donors (Lipinski definition) is 1. The summed E-state index contributed by atoms with van der Waals surface area (Å²) in [5, 5.41) is 3.26. The first-order valence-electron chi connectivity index (χ1n) is 16.1. The van der Waals surface area contributed by atoms with Gasteiger partial charge < -0.3 is 10.2 Å². The molecule has 2 amide bonds. The first-order chi connectivity index (χ1) is 22.6. The number of nitrogens with zero attached hydrogens (tertiary/aromatic N) is 2. The molecule has 5 rings (SSSR count). The molecule has 0 radical (unpaired) electrons. The Balaban J connectivity index is 1.58. The second-order valence-corrected chi connectivity index (χ2v) is 15.1. The Kier molecular flexibility index (Phi) is 11.5. The normalized spacial score (nSPS) is 14.3. The van der Waals surface area contributed by atoms with Crippen molar-refractivity contribution in [2.45, 2.75) is 75.9 Å². The number of rotatable bonds is 12. The van der Waals surface area contributed by atoms with Crippen LogP contribution in [-0.4, -0.2) is 43.8 Å². The fraction of sp³-hybridized carbons (Fsp3) is 0.316. The van der Waals surface area contributed by atoms with Crippen molar-refractivity contribution in [2.24, 2.45) is 0 Å². The highest BCUT2D eigenvalue weighted by Crippen LogP contribution is 2.29. The zero-order chi connectivity index (χ0) is 33.4. The molecule has 47 heavy (non-hydrogen) atoms. The largest absolute Gasteiger partial charge is 0.352 e. The molecule has 246 valence electrons. The molecule has 1 saturated carbocycles. The van der Waals surface area contributed by atoms with Crippen molar-refractivity contribution >= 4 is 43.5 Å². The number of carbonyl (C=O) groups is 2. The molecule has 0 unspecified atom stereocenters. The second kappa shape index (κ2) is 15.8. The molecule has 0 aromatic heterocycles. The maximum Gasteiger partial charge on any atom is 0.264 e. The maximum absolute atomic E-state index is 14.7. The van der Waals surface area contributed by atoms with Crippen molar-refractivity contribution in [3.05, 3.63) is 130 Å². The Bertz CT molecular complexity index is 1780.